The van der Waals surface area contributed by atoms with Gasteiger partial charge in [-0.15, -0.1) is 10.2 Å². The Kier molecular flexibility index (Phi) is 6.20. The molecule has 3 rings (SSSR count). The zero-order chi connectivity index (χ0) is 19.2. The lowest BCUT2D eigenvalue weighted by Gasteiger charge is -2.12. The maximum absolute atomic E-state index is 10.9. The van der Waals surface area contributed by atoms with E-state index in [0.717, 1.165) is 28.9 Å². The Balaban J connectivity index is 1.87. The van der Waals surface area contributed by atoms with Gasteiger partial charge in [0.25, 0.3) is 0 Å². The van der Waals surface area contributed by atoms with E-state index in [4.69, 9.17) is 21.4 Å². The largest absolute Gasteiger partial charge is 0.497 e. The van der Waals surface area contributed by atoms with E-state index in [1.807, 2.05) is 41.0 Å². The van der Waals surface area contributed by atoms with Crippen molar-refractivity contribution in [1.82, 2.24) is 14.8 Å². The lowest BCUT2D eigenvalue weighted by atomic mass is 10.3. The van der Waals surface area contributed by atoms with Crippen LogP contribution in [0, 0.1) is 0 Å². The number of carboxylic acids is 1. The third-order valence-corrected chi connectivity index (χ3v) is 4.82. The molecular formula is C18H17ClN4O3S. The second-order valence-electron chi connectivity index (χ2n) is 5.48. The third kappa shape index (κ3) is 4.93. The summed E-state index contributed by atoms with van der Waals surface area (Å²) in [4.78, 5) is 10.9. The minimum absolute atomic E-state index is 0.0983. The maximum Gasteiger partial charge on any atom is 0.313 e. The van der Waals surface area contributed by atoms with E-state index in [-0.39, 0.29) is 5.75 Å². The average Bonchev–Trinajstić information content (AvgIpc) is 3.09. The molecule has 0 spiro atoms. The van der Waals surface area contributed by atoms with Gasteiger partial charge in [0.05, 0.1) is 19.4 Å². The molecule has 2 N–H and O–H groups in total. The molecule has 27 heavy (non-hydrogen) atoms. The van der Waals surface area contributed by atoms with Crippen molar-refractivity contribution in [2.75, 3.05) is 18.2 Å². The quantitative estimate of drug-likeness (QED) is 0.553. The number of thioether (sulfide) groups is 1. The summed E-state index contributed by atoms with van der Waals surface area (Å²) < 4.78 is 7.02. The van der Waals surface area contributed by atoms with Gasteiger partial charge < -0.3 is 15.2 Å². The first-order valence-electron chi connectivity index (χ1n) is 7.99. The summed E-state index contributed by atoms with van der Waals surface area (Å²) in [6.07, 6.45) is 0. The van der Waals surface area contributed by atoms with Crippen LogP contribution < -0.4 is 10.1 Å². The van der Waals surface area contributed by atoms with E-state index in [1.54, 1.807) is 19.2 Å². The highest BCUT2D eigenvalue weighted by atomic mass is 35.5. The third-order valence-electron chi connectivity index (χ3n) is 3.65. The SMILES string of the molecule is COc1ccc(-n2c(CNc3ccc(Cl)cc3)nnc2SCC(=O)O)cc1. The number of methoxy groups -OCH3 is 1. The Bertz CT molecular complexity index is 913. The molecular weight excluding hydrogens is 388 g/mol. The van der Waals surface area contributed by atoms with Crippen LogP contribution in [-0.4, -0.2) is 38.7 Å². The molecule has 1 heterocycles. The second kappa shape index (κ2) is 8.79. The van der Waals surface area contributed by atoms with Crippen molar-refractivity contribution >= 4 is 35.0 Å². The van der Waals surface area contributed by atoms with E-state index < -0.39 is 5.97 Å². The molecule has 3 aromatic rings. The standard InChI is InChI=1S/C18H17ClN4O3S/c1-26-15-8-6-14(7-9-15)23-16(21-22-18(23)27-11-17(24)25)10-20-13-4-2-12(19)3-5-13/h2-9,20H,10-11H2,1H3,(H,24,25). The predicted molar refractivity (Wildman–Crippen MR) is 105 cm³/mol. The molecule has 0 atom stereocenters. The van der Waals surface area contributed by atoms with Crippen LogP contribution >= 0.6 is 23.4 Å². The van der Waals surface area contributed by atoms with Gasteiger partial charge in [-0.25, -0.2) is 0 Å². The van der Waals surface area contributed by atoms with Crippen molar-refractivity contribution in [2.45, 2.75) is 11.7 Å². The van der Waals surface area contributed by atoms with Gasteiger partial charge in [0.2, 0.25) is 0 Å². The zero-order valence-corrected chi connectivity index (χ0v) is 16.0. The number of rotatable bonds is 8. The molecule has 2 aromatic carbocycles. The van der Waals surface area contributed by atoms with Crippen LogP contribution in [0.15, 0.2) is 53.7 Å². The summed E-state index contributed by atoms with van der Waals surface area (Å²) in [5, 5.41) is 21.8. The average molecular weight is 405 g/mol. The van der Waals surface area contributed by atoms with Crippen LogP contribution in [0.5, 0.6) is 5.75 Å². The van der Waals surface area contributed by atoms with E-state index in [0.29, 0.717) is 22.5 Å². The number of benzene rings is 2. The lowest BCUT2D eigenvalue weighted by molar-refractivity contribution is -0.133. The number of nitrogens with zero attached hydrogens (tertiary/aromatic N) is 3. The summed E-state index contributed by atoms with van der Waals surface area (Å²) in [6, 6.07) is 14.7. The number of nitrogens with one attached hydrogen (secondary N) is 1. The fraction of sp³-hybridized carbons (Fsp3) is 0.167. The Morgan fingerprint density at radius 3 is 2.52 bits per heavy atom. The van der Waals surface area contributed by atoms with E-state index >= 15 is 0 Å². The molecule has 7 nitrogen and oxygen atoms in total. The van der Waals surface area contributed by atoms with Gasteiger partial charge in [-0.3, -0.25) is 9.36 Å². The van der Waals surface area contributed by atoms with Gasteiger partial charge in [0.1, 0.15) is 5.75 Å². The smallest absolute Gasteiger partial charge is 0.313 e. The van der Waals surface area contributed by atoms with E-state index in [1.165, 1.54) is 0 Å². The first kappa shape index (κ1) is 19.1. The van der Waals surface area contributed by atoms with Crippen LogP contribution in [0.25, 0.3) is 5.69 Å². The Morgan fingerprint density at radius 1 is 1.19 bits per heavy atom. The first-order chi connectivity index (χ1) is 13.1. The summed E-state index contributed by atoms with van der Waals surface area (Å²) in [5.41, 5.74) is 1.71. The zero-order valence-electron chi connectivity index (χ0n) is 14.4. The molecule has 0 unspecified atom stereocenters. The number of halogens is 1. The van der Waals surface area contributed by atoms with Crippen LogP contribution in [-0.2, 0) is 11.3 Å². The molecule has 0 amide bonds. The molecule has 0 bridgehead atoms. The molecule has 0 aliphatic carbocycles. The Labute approximate surface area is 165 Å². The number of hydrogen-bond acceptors (Lipinski definition) is 6. The van der Waals surface area contributed by atoms with E-state index in [9.17, 15) is 4.79 Å². The minimum atomic E-state index is -0.912. The van der Waals surface area contributed by atoms with Crippen molar-refractivity contribution in [3.63, 3.8) is 0 Å². The van der Waals surface area contributed by atoms with E-state index in [2.05, 4.69) is 15.5 Å². The fourth-order valence-electron chi connectivity index (χ4n) is 2.37. The van der Waals surface area contributed by atoms with Gasteiger partial charge in [-0.1, -0.05) is 23.4 Å². The van der Waals surface area contributed by atoms with Crippen molar-refractivity contribution in [3.8, 4) is 11.4 Å². The van der Waals surface area contributed by atoms with Crippen LogP contribution in [0.1, 0.15) is 5.82 Å². The van der Waals surface area contributed by atoms with Crippen molar-refractivity contribution in [2.24, 2.45) is 0 Å². The van der Waals surface area contributed by atoms with Gasteiger partial charge in [-0.2, -0.15) is 0 Å². The molecule has 1 aromatic heterocycles. The summed E-state index contributed by atoms with van der Waals surface area (Å²) in [5.74, 6) is 0.374. The van der Waals surface area contributed by atoms with Crippen molar-refractivity contribution in [1.29, 1.82) is 0 Å². The monoisotopic (exact) mass is 404 g/mol. The lowest BCUT2D eigenvalue weighted by Crippen LogP contribution is -2.09. The molecule has 0 radical (unpaired) electrons. The predicted octanol–water partition coefficient (Wildman–Crippen LogP) is 3.72. The molecule has 9 heteroatoms. The normalized spacial score (nSPS) is 10.6. The number of hydrogen-bond donors (Lipinski definition) is 2. The van der Waals surface area contributed by atoms with Gasteiger partial charge in [-0.05, 0) is 48.5 Å². The topological polar surface area (TPSA) is 89.3 Å². The van der Waals surface area contributed by atoms with Gasteiger partial charge in [0.15, 0.2) is 11.0 Å². The second-order valence-corrected chi connectivity index (χ2v) is 6.85. The summed E-state index contributed by atoms with van der Waals surface area (Å²) in [6.45, 7) is 0.411. The van der Waals surface area contributed by atoms with Crippen LogP contribution in [0.2, 0.25) is 5.02 Å². The summed E-state index contributed by atoms with van der Waals surface area (Å²) in [7, 11) is 1.60. The van der Waals surface area contributed by atoms with Gasteiger partial charge in [0, 0.05) is 16.4 Å². The molecule has 0 saturated carbocycles. The maximum atomic E-state index is 10.9. The first-order valence-corrected chi connectivity index (χ1v) is 9.36. The molecule has 0 saturated heterocycles. The van der Waals surface area contributed by atoms with Crippen molar-refractivity contribution < 1.29 is 14.6 Å². The number of carboxylic acid groups (broad SMARTS) is 1. The van der Waals surface area contributed by atoms with Crippen molar-refractivity contribution in [3.05, 3.63) is 59.4 Å². The molecule has 140 valence electrons. The van der Waals surface area contributed by atoms with Crippen LogP contribution in [0.3, 0.4) is 0 Å². The number of aromatic nitrogens is 3. The molecule has 0 aliphatic heterocycles. The molecule has 0 aliphatic rings. The number of ether oxygens (including phenoxy) is 1. The fourth-order valence-corrected chi connectivity index (χ4v) is 3.19. The highest BCUT2D eigenvalue weighted by Crippen LogP contribution is 2.24. The highest BCUT2D eigenvalue weighted by molar-refractivity contribution is 7.99. The highest BCUT2D eigenvalue weighted by Gasteiger charge is 2.15. The number of aliphatic carboxylic acids is 1. The van der Waals surface area contributed by atoms with Crippen LogP contribution in [0.4, 0.5) is 5.69 Å². The minimum Gasteiger partial charge on any atom is -0.497 e. The number of carbonyl (C=O) groups is 1. The molecule has 0 fully saturated rings. The summed E-state index contributed by atoms with van der Waals surface area (Å²) >= 11 is 7.02. The van der Waals surface area contributed by atoms with Gasteiger partial charge >= 0.3 is 5.97 Å². The number of anilines is 1. The Hall–Kier alpha value is -2.71. The Morgan fingerprint density at radius 2 is 1.89 bits per heavy atom.